The molecule has 0 radical (unpaired) electrons. The molecule has 0 saturated carbocycles. The van der Waals surface area contributed by atoms with E-state index in [-0.39, 0.29) is 6.04 Å². The second-order valence-corrected chi connectivity index (χ2v) is 4.08. The van der Waals surface area contributed by atoms with E-state index in [0.29, 0.717) is 5.69 Å². The lowest BCUT2D eigenvalue weighted by molar-refractivity contribution is -0.141. The molecule has 19 heavy (non-hydrogen) atoms. The predicted molar refractivity (Wildman–Crippen MR) is 65.5 cm³/mol. The van der Waals surface area contributed by atoms with E-state index in [4.69, 9.17) is 0 Å². The van der Waals surface area contributed by atoms with E-state index in [1.807, 2.05) is 19.1 Å². The molecule has 2 aromatic heterocycles. The van der Waals surface area contributed by atoms with Crippen LogP contribution in [-0.2, 0) is 6.18 Å². The van der Waals surface area contributed by atoms with Crippen molar-refractivity contribution in [2.45, 2.75) is 19.1 Å². The van der Waals surface area contributed by atoms with Gasteiger partial charge >= 0.3 is 6.18 Å². The molecule has 0 aliphatic rings. The zero-order valence-electron chi connectivity index (χ0n) is 10.1. The van der Waals surface area contributed by atoms with Crippen molar-refractivity contribution >= 4 is 5.69 Å². The van der Waals surface area contributed by atoms with E-state index in [1.165, 1.54) is 12.3 Å². The van der Waals surface area contributed by atoms with Crippen LogP contribution in [0.2, 0.25) is 0 Å². The van der Waals surface area contributed by atoms with Crippen molar-refractivity contribution in [2.24, 2.45) is 0 Å². The molecule has 3 nitrogen and oxygen atoms in total. The average Bonchev–Trinajstić information content (AvgIpc) is 2.39. The highest BCUT2D eigenvalue weighted by atomic mass is 19.4. The number of nitrogens with one attached hydrogen (secondary N) is 1. The Bertz CT molecular complexity index is 523. The first-order chi connectivity index (χ1) is 8.97. The van der Waals surface area contributed by atoms with Gasteiger partial charge in [-0.25, -0.2) is 4.98 Å². The Morgan fingerprint density at radius 1 is 1.11 bits per heavy atom. The molecule has 0 aromatic carbocycles. The van der Waals surface area contributed by atoms with Gasteiger partial charge in [0.2, 0.25) is 0 Å². The Morgan fingerprint density at radius 2 is 1.79 bits per heavy atom. The van der Waals surface area contributed by atoms with Crippen molar-refractivity contribution in [3.8, 4) is 0 Å². The molecule has 2 rings (SSSR count). The van der Waals surface area contributed by atoms with Gasteiger partial charge in [-0.1, -0.05) is 0 Å². The van der Waals surface area contributed by atoms with Crippen LogP contribution < -0.4 is 5.32 Å². The van der Waals surface area contributed by atoms with Gasteiger partial charge in [-0.05, 0) is 36.8 Å². The molecule has 0 amide bonds. The first-order valence-electron chi connectivity index (χ1n) is 5.66. The predicted octanol–water partition coefficient (Wildman–Crippen LogP) is 3.67. The Labute approximate surface area is 108 Å². The molecule has 0 bridgehead atoms. The highest BCUT2D eigenvalue weighted by Gasteiger charge is 2.32. The Hall–Kier alpha value is -2.11. The van der Waals surface area contributed by atoms with Crippen LogP contribution in [0.4, 0.5) is 18.9 Å². The molecule has 1 unspecified atom stereocenters. The fourth-order valence-corrected chi connectivity index (χ4v) is 1.63. The normalized spacial score (nSPS) is 13.1. The number of halogens is 3. The van der Waals surface area contributed by atoms with Gasteiger partial charge in [0.15, 0.2) is 0 Å². The molecule has 1 atom stereocenters. The maximum Gasteiger partial charge on any atom is 0.433 e. The van der Waals surface area contributed by atoms with Gasteiger partial charge in [0.05, 0.1) is 11.9 Å². The van der Waals surface area contributed by atoms with Crippen molar-refractivity contribution in [1.29, 1.82) is 0 Å². The van der Waals surface area contributed by atoms with Crippen molar-refractivity contribution in [1.82, 2.24) is 9.97 Å². The molecule has 2 heterocycles. The minimum absolute atomic E-state index is 0.0402. The van der Waals surface area contributed by atoms with Crippen LogP contribution in [0.3, 0.4) is 0 Å². The quantitative estimate of drug-likeness (QED) is 0.922. The third-order valence-electron chi connectivity index (χ3n) is 2.64. The third kappa shape index (κ3) is 3.43. The Balaban J connectivity index is 2.08. The number of nitrogens with zero attached hydrogens (tertiary/aromatic N) is 2. The summed E-state index contributed by atoms with van der Waals surface area (Å²) in [6.45, 7) is 1.91. The van der Waals surface area contributed by atoms with Gasteiger partial charge in [-0.3, -0.25) is 4.98 Å². The number of aromatic nitrogens is 2. The van der Waals surface area contributed by atoms with Gasteiger partial charge < -0.3 is 5.32 Å². The van der Waals surface area contributed by atoms with Crippen LogP contribution in [0.1, 0.15) is 24.2 Å². The molecule has 0 aliphatic carbocycles. The number of hydrogen-bond donors (Lipinski definition) is 1. The lowest BCUT2D eigenvalue weighted by Crippen LogP contribution is -2.10. The van der Waals surface area contributed by atoms with Crippen LogP contribution in [0.15, 0.2) is 42.9 Å². The summed E-state index contributed by atoms with van der Waals surface area (Å²) in [5, 5.41) is 3.08. The van der Waals surface area contributed by atoms with E-state index in [1.54, 1.807) is 12.4 Å². The van der Waals surface area contributed by atoms with E-state index in [9.17, 15) is 13.2 Å². The van der Waals surface area contributed by atoms with Gasteiger partial charge in [-0.2, -0.15) is 13.2 Å². The number of alkyl halides is 3. The summed E-state index contributed by atoms with van der Waals surface area (Å²) in [7, 11) is 0. The largest absolute Gasteiger partial charge is 0.433 e. The van der Waals surface area contributed by atoms with Crippen molar-refractivity contribution in [3.63, 3.8) is 0 Å². The number of pyridine rings is 2. The second-order valence-electron chi connectivity index (χ2n) is 4.08. The summed E-state index contributed by atoms with van der Waals surface area (Å²) in [4.78, 5) is 7.31. The van der Waals surface area contributed by atoms with E-state index in [2.05, 4.69) is 15.3 Å². The molecular formula is C13H12F3N3. The molecule has 6 heteroatoms. The van der Waals surface area contributed by atoms with Crippen LogP contribution in [0.5, 0.6) is 0 Å². The van der Waals surface area contributed by atoms with Crippen LogP contribution in [0.25, 0.3) is 0 Å². The van der Waals surface area contributed by atoms with Crippen LogP contribution in [0, 0.1) is 0 Å². The highest BCUT2D eigenvalue weighted by molar-refractivity contribution is 5.43. The zero-order valence-corrected chi connectivity index (χ0v) is 10.1. The smallest absolute Gasteiger partial charge is 0.377 e. The minimum atomic E-state index is -4.41. The minimum Gasteiger partial charge on any atom is -0.377 e. The van der Waals surface area contributed by atoms with Gasteiger partial charge in [0, 0.05) is 18.4 Å². The Kier molecular flexibility index (Phi) is 3.69. The maximum absolute atomic E-state index is 12.4. The topological polar surface area (TPSA) is 37.8 Å². The van der Waals surface area contributed by atoms with E-state index < -0.39 is 11.9 Å². The summed E-state index contributed by atoms with van der Waals surface area (Å²) >= 11 is 0. The Morgan fingerprint density at radius 3 is 2.32 bits per heavy atom. The average molecular weight is 267 g/mol. The number of hydrogen-bond acceptors (Lipinski definition) is 3. The van der Waals surface area contributed by atoms with Crippen molar-refractivity contribution < 1.29 is 13.2 Å². The fraction of sp³-hybridized carbons (Fsp3) is 0.231. The van der Waals surface area contributed by atoms with Gasteiger partial charge in [-0.15, -0.1) is 0 Å². The van der Waals surface area contributed by atoms with Crippen molar-refractivity contribution in [3.05, 3.63) is 54.1 Å². The maximum atomic E-state index is 12.4. The molecule has 2 aromatic rings. The molecule has 1 N–H and O–H groups in total. The van der Waals surface area contributed by atoms with Crippen molar-refractivity contribution in [2.75, 3.05) is 5.32 Å². The number of rotatable bonds is 3. The van der Waals surface area contributed by atoms with Crippen LogP contribution >= 0.6 is 0 Å². The van der Waals surface area contributed by atoms with Crippen LogP contribution in [-0.4, -0.2) is 9.97 Å². The summed E-state index contributed by atoms with van der Waals surface area (Å²) in [6, 6.07) is 5.97. The molecular weight excluding hydrogens is 255 g/mol. The molecule has 100 valence electrons. The summed E-state index contributed by atoms with van der Waals surface area (Å²) < 4.78 is 37.1. The first-order valence-corrected chi connectivity index (χ1v) is 5.66. The molecule has 0 fully saturated rings. The summed E-state index contributed by atoms with van der Waals surface area (Å²) in [5.74, 6) is 0. The number of anilines is 1. The molecule has 0 spiro atoms. The third-order valence-corrected chi connectivity index (χ3v) is 2.64. The lowest BCUT2D eigenvalue weighted by Gasteiger charge is -2.15. The summed E-state index contributed by atoms with van der Waals surface area (Å²) in [5.41, 5.74) is 0.641. The standard InChI is InChI=1S/C13H12F3N3/c1-9(10-4-6-17-7-5-10)19-11-2-3-12(18-8-11)13(14,15)16/h2-9,19H,1H3. The van der Waals surface area contributed by atoms with Gasteiger partial charge in [0.1, 0.15) is 5.69 Å². The second kappa shape index (κ2) is 5.26. The van der Waals surface area contributed by atoms with Gasteiger partial charge in [0.25, 0.3) is 0 Å². The highest BCUT2D eigenvalue weighted by Crippen LogP contribution is 2.28. The lowest BCUT2D eigenvalue weighted by atomic mass is 10.1. The van der Waals surface area contributed by atoms with E-state index >= 15 is 0 Å². The SMILES string of the molecule is CC(Nc1ccc(C(F)(F)F)nc1)c1ccncc1. The molecule has 0 aliphatic heterocycles. The monoisotopic (exact) mass is 267 g/mol. The fourth-order valence-electron chi connectivity index (χ4n) is 1.63. The zero-order chi connectivity index (χ0) is 13.9. The molecule has 0 saturated heterocycles. The first kappa shape index (κ1) is 13.3. The summed E-state index contributed by atoms with van der Waals surface area (Å²) in [6.07, 6.45) is 0.104. The van der Waals surface area contributed by atoms with E-state index in [0.717, 1.165) is 11.6 Å².